The van der Waals surface area contributed by atoms with Gasteiger partial charge in [-0.1, -0.05) is 20.3 Å². The molecule has 0 saturated heterocycles. The second-order valence-corrected chi connectivity index (χ2v) is 5.76. The number of aromatic nitrogens is 2. The lowest BCUT2D eigenvalue weighted by molar-refractivity contribution is -0.124. The van der Waals surface area contributed by atoms with Crippen molar-refractivity contribution in [2.75, 3.05) is 6.54 Å². The van der Waals surface area contributed by atoms with Crippen LogP contribution in [0.5, 0.6) is 0 Å². The minimum absolute atomic E-state index is 0.00828. The first kappa shape index (κ1) is 17.0. The molecule has 2 rings (SSSR count). The lowest BCUT2D eigenvalue weighted by Crippen LogP contribution is -2.37. The number of carbonyl (C=O) groups is 1. The average Bonchev–Trinajstić information content (AvgIpc) is 3.07. The summed E-state index contributed by atoms with van der Waals surface area (Å²) in [4.78, 5) is 24.0. The predicted molar refractivity (Wildman–Crippen MR) is 88.0 cm³/mol. The fourth-order valence-electron chi connectivity index (χ4n) is 2.37. The minimum atomic E-state index is -0.241. The second kappa shape index (κ2) is 7.76. The Morgan fingerprint density at radius 1 is 1.35 bits per heavy atom. The maximum absolute atomic E-state index is 12.0. The van der Waals surface area contributed by atoms with Crippen LogP contribution >= 0.6 is 0 Å². The lowest BCUT2D eigenvalue weighted by Gasteiger charge is -2.17. The molecule has 0 aliphatic rings. The van der Waals surface area contributed by atoms with Gasteiger partial charge in [0.2, 0.25) is 5.91 Å². The molecule has 0 saturated carbocycles. The molecule has 2 unspecified atom stereocenters. The highest BCUT2D eigenvalue weighted by Crippen LogP contribution is 2.16. The van der Waals surface area contributed by atoms with Gasteiger partial charge in [-0.25, -0.2) is 4.68 Å². The maximum atomic E-state index is 12.0. The van der Waals surface area contributed by atoms with Gasteiger partial charge in [0.1, 0.15) is 5.69 Å². The standard InChI is InChI=1S/C17H23N3O3/c1-4-6-12(2)17(22)18-11-13(3)20-16(21)9-8-14(19-20)15-7-5-10-23-15/h5,7-10,12-13H,4,6,11H2,1-3H3,(H,18,22). The Labute approximate surface area is 135 Å². The van der Waals surface area contributed by atoms with Crippen LogP contribution in [0.25, 0.3) is 11.5 Å². The second-order valence-electron chi connectivity index (χ2n) is 5.76. The summed E-state index contributed by atoms with van der Waals surface area (Å²) < 4.78 is 6.68. The number of hydrogen-bond acceptors (Lipinski definition) is 4. The van der Waals surface area contributed by atoms with Crippen molar-refractivity contribution < 1.29 is 9.21 Å². The molecule has 2 aromatic heterocycles. The molecule has 0 spiro atoms. The Kier molecular flexibility index (Phi) is 5.73. The Balaban J connectivity index is 2.07. The molecular formula is C17H23N3O3. The van der Waals surface area contributed by atoms with Crippen LogP contribution in [-0.4, -0.2) is 22.2 Å². The number of nitrogens with zero attached hydrogens (tertiary/aromatic N) is 2. The molecule has 0 bridgehead atoms. The van der Waals surface area contributed by atoms with Crippen LogP contribution < -0.4 is 10.9 Å². The van der Waals surface area contributed by atoms with E-state index in [2.05, 4.69) is 17.3 Å². The van der Waals surface area contributed by atoms with Crippen molar-refractivity contribution in [1.29, 1.82) is 0 Å². The Hall–Kier alpha value is -2.37. The highest BCUT2D eigenvalue weighted by molar-refractivity contribution is 5.78. The molecule has 124 valence electrons. The zero-order chi connectivity index (χ0) is 16.8. The quantitative estimate of drug-likeness (QED) is 0.851. The maximum Gasteiger partial charge on any atom is 0.267 e. The Bertz CT molecular complexity index is 691. The van der Waals surface area contributed by atoms with Gasteiger partial charge < -0.3 is 9.73 Å². The number of hydrogen-bond donors (Lipinski definition) is 1. The molecule has 2 heterocycles. The monoisotopic (exact) mass is 317 g/mol. The van der Waals surface area contributed by atoms with E-state index in [-0.39, 0.29) is 23.4 Å². The third kappa shape index (κ3) is 4.31. The Morgan fingerprint density at radius 3 is 2.78 bits per heavy atom. The molecular weight excluding hydrogens is 294 g/mol. The molecule has 1 N–H and O–H groups in total. The van der Waals surface area contributed by atoms with E-state index in [1.54, 1.807) is 24.5 Å². The number of carbonyl (C=O) groups excluding carboxylic acids is 1. The van der Waals surface area contributed by atoms with Crippen molar-refractivity contribution in [3.8, 4) is 11.5 Å². The van der Waals surface area contributed by atoms with Crippen molar-refractivity contribution in [2.45, 2.75) is 39.7 Å². The molecule has 0 radical (unpaired) electrons. The van der Waals surface area contributed by atoms with Crippen molar-refractivity contribution in [3.05, 3.63) is 40.9 Å². The first-order valence-corrected chi connectivity index (χ1v) is 7.94. The molecule has 1 amide bonds. The van der Waals surface area contributed by atoms with E-state index in [1.165, 1.54) is 10.7 Å². The zero-order valence-electron chi connectivity index (χ0n) is 13.8. The minimum Gasteiger partial charge on any atom is -0.463 e. The third-order valence-corrected chi connectivity index (χ3v) is 3.76. The SMILES string of the molecule is CCCC(C)C(=O)NCC(C)n1nc(-c2ccco2)ccc1=O. The van der Waals surface area contributed by atoms with Crippen molar-refractivity contribution in [3.63, 3.8) is 0 Å². The summed E-state index contributed by atoms with van der Waals surface area (Å²) in [5, 5.41) is 7.22. The van der Waals surface area contributed by atoms with Gasteiger partial charge in [-0.3, -0.25) is 9.59 Å². The first-order chi connectivity index (χ1) is 11.0. The van der Waals surface area contributed by atoms with E-state index < -0.39 is 0 Å². The van der Waals surface area contributed by atoms with E-state index in [1.807, 2.05) is 13.8 Å². The summed E-state index contributed by atoms with van der Waals surface area (Å²) in [7, 11) is 0. The van der Waals surface area contributed by atoms with Crippen LogP contribution in [0.2, 0.25) is 0 Å². The predicted octanol–water partition coefficient (Wildman–Crippen LogP) is 2.62. The lowest BCUT2D eigenvalue weighted by atomic mass is 10.1. The van der Waals surface area contributed by atoms with Crippen molar-refractivity contribution in [2.24, 2.45) is 5.92 Å². The fraction of sp³-hybridized carbons (Fsp3) is 0.471. The van der Waals surface area contributed by atoms with Crippen molar-refractivity contribution >= 4 is 5.91 Å². The van der Waals surface area contributed by atoms with Crippen molar-refractivity contribution in [1.82, 2.24) is 15.1 Å². The molecule has 0 aliphatic heterocycles. The van der Waals surface area contributed by atoms with E-state index in [4.69, 9.17) is 4.42 Å². The van der Waals surface area contributed by atoms with E-state index in [9.17, 15) is 9.59 Å². The topological polar surface area (TPSA) is 77.1 Å². The number of furan rings is 1. The van der Waals surface area contributed by atoms with Crippen LogP contribution in [-0.2, 0) is 4.79 Å². The van der Waals surface area contributed by atoms with Gasteiger partial charge in [0.05, 0.1) is 12.3 Å². The summed E-state index contributed by atoms with van der Waals surface area (Å²) in [5.41, 5.74) is 0.385. The van der Waals surface area contributed by atoms with E-state index in [0.29, 0.717) is 18.0 Å². The molecule has 6 nitrogen and oxygen atoms in total. The molecule has 0 fully saturated rings. The van der Waals surface area contributed by atoms with Gasteiger partial charge >= 0.3 is 0 Å². The molecule has 6 heteroatoms. The van der Waals surface area contributed by atoms with Gasteiger partial charge in [-0.15, -0.1) is 0 Å². The summed E-state index contributed by atoms with van der Waals surface area (Å²) in [6, 6.07) is 6.41. The van der Waals surface area contributed by atoms with Gasteiger partial charge in [-0.05, 0) is 31.5 Å². The van der Waals surface area contributed by atoms with Crippen LogP contribution in [0.15, 0.2) is 39.7 Å². The smallest absolute Gasteiger partial charge is 0.267 e. The molecule has 0 aliphatic carbocycles. The summed E-state index contributed by atoms with van der Waals surface area (Å²) in [6.45, 7) is 6.17. The number of rotatable bonds is 7. The van der Waals surface area contributed by atoms with Gasteiger partial charge in [0, 0.05) is 18.5 Å². The fourth-order valence-corrected chi connectivity index (χ4v) is 2.37. The summed E-state index contributed by atoms with van der Waals surface area (Å²) in [5.74, 6) is 0.590. The molecule has 2 aromatic rings. The first-order valence-electron chi connectivity index (χ1n) is 7.94. The van der Waals surface area contributed by atoms with E-state index >= 15 is 0 Å². The number of nitrogens with one attached hydrogen (secondary N) is 1. The molecule has 23 heavy (non-hydrogen) atoms. The summed E-state index contributed by atoms with van der Waals surface area (Å²) in [6.07, 6.45) is 3.38. The van der Waals surface area contributed by atoms with Crippen LogP contribution in [0.3, 0.4) is 0 Å². The van der Waals surface area contributed by atoms with Crippen LogP contribution in [0, 0.1) is 5.92 Å². The highest BCUT2D eigenvalue weighted by atomic mass is 16.3. The van der Waals surface area contributed by atoms with Gasteiger partial charge in [0.15, 0.2) is 5.76 Å². The molecule has 2 atom stereocenters. The highest BCUT2D eigenvalue weighted by Gasteiger charge is 2.15. The van der Waals surface area contributed by atoms with Gasteiger partial charge in [-0.2, -0.15) is 5.10 Å². The average molecular weight is 317 g/mol. The van der Waals surface area contributed by atoms with Gasteiger partial charge in [0.25, 0.3) is 5.56 Å². The van der Waals surface area contributed by atoms with Crippen LogP contribution in [0.1, 0.15) is 39.7 Å². The largest absolute Gasteiger partial charge is 0.463 e. The number of amides is 1. The van der Waals surface area contributed by atoms with E-state index in [0.717, 1.165) is 12.8 Å². The third-order valence-electron chi connectivity index (χ3n) is 3.76. The molecule has 0 aromatic carbocycles. The zero-order valence-corrected chi connectivity index (χ0v) is 13.8. The summed E-state index contributed by atoms with van der Waals surface area (Å²) >= 11 is 0. The van der Waals surface area contributed by atoms with Crippen LogP contribution in [0.4, 0.5) is 0 Å². The normalized spacial score (nSPS) is 13.5. The Morgan fingerprint density at radius 2 is 2.13 bits per heavy atom.